The van der Waals surface area contributed by atoms with Crippen LogP contribution < -0.4 is 5.32 Å². The number of carbonyl (C=O) groups is 1. The number of hydrogen-bond acceptors (Lipinski definition) is 5. The number of rotatable bonds is 7. The molecule has 0 aliphatic heterocycles. The van der Waals surface area contributed by atoms with Crippen molar-refractivity contribution >= 4 is 29.0 Å². The second-order valence-electron chi connectivity index (χ2n) is 6.01. The summed E-state index contributed by atoms with van der Waals surface area (Å²) in [7, 11) is 0. The van der Waals surface area contributed by atoms with E-state index in [0.29, 0.717) is 18.2 Å². The molecule has 4 nitrogen and oxygen atoms in total. The van der Waals surface area contributed by atoms with Gasteiger partial charge in [0.25, 0.3) is 5.91 Å². The van der Waals surface area contributed by atoms with Crippen LogP contribution in [0.15, 0.2) is 58.9 Å². The van der Waals surface area contributed by atoms with E-state index in [0.717, 1.165) is 26.9 Å². The molecule has 2 aromatic heterocycles. The highest BCUT2D eigenvalue weighted by Crippen LogP contribution is 2.26. The molecule has 0 spiro atoms. The first-order valence-corrected chi connectivity index (χ1v) is 10.3. The summed E-state index contributed by atoms with van der Waals surface area (Å²) in [6.45, 7) is 4.82. The van der Waals surface area contributed by atoms with E-state index in [4.69, 9.17) is 0 Å². The third-order valence-corrected chi connectivity index (χ3v) is 5.59. The van der Waals surface area contributed by atoms with Crippen molar-refractivity contribution in [2.45, 2.75) is 30.4 Å². The Morgan fingerprint density at radius 1 is 1.15 bits per heavy atom. The third-order valence-electron chi connectivity index (χ3n) is 3.60. The molecule has 0 fully saturated rings. The number of thiazole rings is 1. The molecule has 0 bridgehead atoms. The van der Waals surface area contributed by atoms with Crippen LogP contribution in [0.25, 0.3) is 11.4 Å². The molecule has 3 rings (SSSR count). The minimum Gasteiger partial charge on any atom is -0.352 e. The zero-order valence-electron chi connectivity index (χ0n) is 14.8. The number of hydrogen-bond donors (Lipinski definition) is 1. The van der Waals surface area contributed by atoms with Gasteiger partial charge in [-0.05, 0) is 24.3 Å². The molecule has 0 radical (unpaired) electrons. The van der Waals surface area contributed by atoms with E-state index in [-0.39, 0.29) is 5.91 Å². The Balaban J connectivity index is 1.57. The van der Waals surface area contributed by atoms with Crippen LogP contribution in [0.1, 0.15) is 29.2 Å². The van der Waals surface area contributed by atoms with Crippen LogP contribution in [-0.2, 0) is 6.42 Å². The average Bonchev–Trinajstić information content (AvgIpc) is 3.11. The Morgan fingerprint density at radius 3 is 2.73 bits per heavy atom. The van der Waals surface area contributed by atoms with Crippen LogP contribution in [-0.4, -0.2) is 27.7 Å². The van der Waals surface area contributed by atoms with Crippen molar-refractivity contribution < 1.29 is 4.79 Å². The van der Waals surface area contributed by atoms with E-state index in [9.17, 15) is 4.79 Å². The largest absolute Gasteiger partial charge is 0.352 e. The number of nitrogens with one attached hydrogen (secondary N) is 1. The maximum absolute atomic E-state index is 12.5. The quantitative estimate of drug-likeness (QED) is 0.602. The normalized spacial score (nSPS) is 10.9. The highest BCUT2D eigenvalue weighted by atomic mass is 32.2. The van der Waals surface area contributed by atoms with Gasteiger partial charge in [0.1, 0.15) is 0 Å². The Bertz CT molecular complexity index is 862. The second-order valence-corrected chi connectivity index (χ2v) is 8.57. The summed E-state index contributed by atoms with van der Waals surface area (Å²) in [6, 6.07) is 13.5. The van der Waals surface area contributed by atoms with Gasteiger partial charge in [-0.15, -0.1) is 23.1 Å². The Kier molecular flexibility index (Phi) is 6.41. The van der Waals surface area contributed by atoms with Crippen LogP contribution in [0.5, 0.6) is 0 Å². The van der Waals surface area contributed by atoms with Crippen molar-refractivity contribution in [3.05, 3.63) is 64.6 Å². The molecule has 0 saturated heterocycles. The Hall–Kier alpha value is -2.18. The highest BCUT2D eigenvalue weighted by molar-refractivity contribution is 8.00. The summed E-state index contributed by atoms with van der Waals surface area (Å²) in [5.74, 6) is -0.0322. The SMILES string of the molecule is CC(C)Sc1ccccc1C(=O)NCCc1nc(-c2ccccn2)cs1. The van der Waals surface area contributed by atoms with Crippen LogP contribution in [0, 0.1) is 0 Å². The summed E-state index contributed by atoms with van der Waals surface area (Å²) >= 11 is 3.30. The van der Waals surface area contributed by atoms with Gasteiger partial charge in [-0.1, -0.05) is 32.0 Å². The molecule has 1 N–H and O–H groups in total. The second kappa shape index (κ2) is 8.96. The molecule has 26 heavy (non-hydrogen) atoms. The lowest BCUT2D eigenvalue weighted by atomic mass is 10.2. The van der Waals surface area contributed by atoms with Crippen molar-refractivity contribution in [2.75, 3.05) is 6.54 Å². The number of pyridine rings is 1. The molecule has 0 aliphatic rings. The van der Waals surface area contributed by atoms with Crippen molar-refractivity contribution in [3.8, 4) is 11.4 Å². The van der Waals surface area contributed by atoms with E-state index in [2.05, 4.69) is 29.1 Å². The minimum absolute atomic E-state index is 0.0322. The predicted octanol–water partition coefficient (Wildman–Crippen LogP) is 4.68. The summed E-state index contributed by atoms with van der Waals surface area (Å²) in [5, 5.41) is 6.45. The molecule has 1 amide bonds. The van der Waals surface area contributed by atoms with E-state index in [1.54, 1.807) is 29.3 Å². The average molecular weight is 384 g/mol. The summed E-state index contributed by atoms with van der Waals surface area (Å²) in [5.41, 5.74) is 2.49. The first-order chi connectivity index (χ1) is 12.6. The number of amides is 1. The number of carbonyl (C=O) groups excluding carboxylic acids is 1. The lowest BCUT2D eigenvalue weighted by Crippen LogP contribution is -2.26. The standard InChI is InChI=1S/C20H21N3OS2/c1-14(2)26-18-9-4-3-7-15(18)20(24)22-12-10-19-23-17(13-25-19)16-8-5-6-11-21-16/h3-9,11,13-14H,10,12H2,1-2H3,(H,22,24). The zero-order chi connectivity index (χ0) is 18.4. The van der Waals surface area contributed by atoms with Gasteiger partial charge in [-0.2, -0.15) is 0 Å². The number of benzene rings is 1. The van der Waals surface area contributed by atoms with Gasteiger partial charge in [0, 0.05) is 34.7 Å². The summed E-state index contributed by atoms with van der Waals surface area (Å²) in [6.07, 6.45) is 2.48. The zero-order valence-corrected chi connectivity index (χ0v) is 16.4. The van der Waals surface area contributed by atoms with E-state index in [1.165, 1.54) is 0 Å². The van der Waals surface area contributed by atoms with E-state index < -0.39 is 0 Å². The highest BCUT2D eigenvalue weighted by Gasteiger charge is 2.12. The minimum atomic E-state index is -0.0322. The predicted molar refractivity (Wildman–Crippen MR) is 109 cm³/mol. The molecular weight excluding hydrogens is 362 g/mol. The van der Waals surface area contributed by atoms with Crippen LogP contribution in [0.4, 0.5) is 0 Å². The van der Waals surface area contributed by atoms with Crippen molar-refractivity contribution in [2.24, 2.45) is 0 Å². The molecule has 6 heteroatoms. The molecule has 2 heterocycles. The van der Waals surface area contributed by atoms with Gasteiger partial charge in [0.2, 0.25) is 0 Å². The van der Waals surface area contributed by atoms with Gasteiger partial charge >= 0.3 is 0 Å². The van der Waals surface area contributed by atoms with Gasteiger partial charge in [-0.3, -0.25) is 9.78 Å². The fourth-order valence-electron chi connectivity index (χ4n) is 2.45. The molecule has 0 unspecified atom stereocenters. The van der Waals surface area contributed by atoms with Crippen molar-refractivity contribution in [1.29, 1.82) is 0 Å². The topological polar surface area (TPSA) is 54.9 Å². The molecule has 134 valence electrons. The van der Waals surface area contributed by atoms with Gasteiger partial charge < -0.3 is 5.32 Å². The van der Waals surface area contributed by atoms with E-state index in [1.807, 2.05) is 47.8 Å². The lowest BCUT2D eigenvalue weighted by Gasteiger charge is -2.11. The molecule has 0 atom stereocenters. The monoisotopic (exact) mass is 383 g/mol. The third kappa shape index (κ3) is 4.93. The molecule has 3 aromatic rings. The smallest absolute Gasteiger partial charge is 0.252 e. The maximum Gasteiger partial charge on any atom is 0.252 e. The number of thioether (sulfide) groups is 1. The van der Waals surface area contributed by atoms with Crippen LogP contribution in [0.3, 0.4) is 0 Å². The molecule has 0 saturated carbocycles. The fourth-order valence-corrected chi connectivity index (χ4v) is 4.19. The maximum atomic E-state index is 12.5. The molecule has 1 aromatic carbocycles. The van der Waals surface area contributed by atoms with Gasteiger partial charge in [0.15, 0.2) is 0 Å². The summed E-state index contributed by atoms with van der Waals surface area (Å²) < 4.78 is 0. The van der Waals surface area contributed by atoms with E-state index >= 15 is 0 Å². The summed E-state index contributed by atoms with van der Waals surface area (Å²) in [4.78, 5) is 22.5. The van der Waals surface area contributed by atoms with Crippen LogP contribution >= 0.6 is 23.1 Å². The first-order valence-electron chi connectivity index (χ1n) is 8.53. The molecular formula is C20H21N3OS2. The first kappa shape index (κ1) is 18.6. The van der Waals surface area contributed by atoms with Crippen LogP contribution in [0.2, 0.25) is 0 Å². The molecule has 0 aliphatic carbocycles. The number of nitrogens with zero attached hydrogens (tertiary/aromatic N) is 2. The Morgan fingerprint density at radius 2 is 1.96 bits per heavy atom. The Labute approximate surface area is 162 Å². The van der Waals surface area contributed by atoms with Crippen molar-refractivity contribution in [3.63, 3.8) is 0 Å². The lowest BCUT2D eigenvalue weighted by molar-refractivity contribution is 0.0951. The fraction of sp³-hybridized carbons (Fsp3) is 0.250. The van der Waals surface area contributed by atoms with Gasteiger partial charge in [-0.25, -0.2) is 4.98 Å². The number of aromatic nitrogens is 2. The van der Waals surface area contributed by atoms with Crippen molar-refractivity contribution in [1.82, 2.24) is 15.3 Å². The van der Waals surface area contributed by atoms with Gasteiger partial charge in [0.05, 0.1) is 22.0 Å².